The number of aromatic nitrogens is 1. The molecule has 0 saturated carbocycles. The summed E-state index contributed by atoms with van der Waals surface area (Å²) in [6.45, 7) is 0. The molecule has 0 unspecified atom stereocenters. The van der Waals surface area contributed by atoms with Crippen molar-refractivity contribution in [2.24, 2.45) is 0 Å². The number of halogens is 1. The number of benzene rings is 1. The summed E-state index contributed by atoms with van der Waals surface area (Å²) in [5.74, 6) is 2.56. The highest BCUT2D eigenvalue weighted by molar-refractivity contribution is 9.10. The van der Waals surface area contributed by atoms with Crippen LogP contribution in [0.1, 0.15) is 16.6 Å². The Labute approximate surface area is 130 Å². The van der Waals surface area contributed by atoms with E-state index in [1.165, 1.54) is 34.6 Å². The van der Waals surface area contributed by atoms with Crippen LogP contribution in [-0.4, -0.2) is 16.5 Å². The van der Waals surface area contributed by atoms with Gasteiger partial charge in [0.05, 0.1) is 4.58 Å². The molecule has 0 amide bonds. The normalized spacial score (nSPS) is 16.5. The summed E-state index contributed by atoms with van der Waals surface area (Å²) in [4.78, 5) is 4.25. The highest BCUT2D eigenvalue weighted by Gasteiger charge is 2.16. The summed E-state index contributed by atoms with van der Waals surface area (Å²) in [6, 6.07) is 11.0. The lowest BCUT2D eigenvalue weighted by Gasteiger charge is -2.21. The smallest absolute Gasteiger partial charge is 0.0751 e. The Morgan fingerprint density at radius 3 is 2.68 bits per heavy atom. The highest BCUT2D eigenvalue weighted by atomic mass is 79.9. The number of hydrogen-bond donors (Lipinski definition) is 0. The molecule has 3 rings (SSSR count). The van der Waals surface area contributed by atoms with Crippen molar-refractivity contribution < 1.29 is 0 Å². The van der Waals surface area contributed by atoms with Crippen molar-refractivity contribution in [1.29, 1.82) is 0 Å². The van der Waals surface area contributed by atoms with E-state index in [9.17, 15) is 0 Å². The molecule has 1 aromatic heterocycles. The molecule has 0 radical (unpaired) electrons. The Balaban J connectivity index is 1.91. The van der Waals surface area contributed by atoms with Crippen LogP contribution in [0.5, 0.6) is 0 Å². The fraction of sp³-hybridized carbons (Fsp3) is 0.267. The van der Waals surface area contributed by atoms with Gasteiger partial charge in [0.2, 0.25) is 0 Å². The first-order valence-corrected chi connectivity index (χ1v) is 9.16. The van der Waals surface area contributed by atoms with Gasteiger partial charge in [0.15, 0.2) is 0 Å². The summed E-state index contributed by atoms with van der Waals surface area (Å²) in [5.41, 5.74) is 3.84. The Bertz CT molecular complexity index is 568. The zero-order valence-corrected chi connectivity index (χ0v) is 13.6. The number of pyridine rings is 1. The van der Waals surface area contributed by atoms with Gasteiger partial charge in [-0.05, 0) is 57.1 Å². The first-order chi connectivity index (χ1) is 9.33. The van der Waals surface area contributed by atoms with Crippen molar-refractivity contribution in [3.8, 4) is 11.1 Å². The van der Waals surface area contributed by atoms with Gasteiger partial charge in [-0.15, -0.1) is 23.5 Å². The van der Waals surface area contributed by atoms with Crippen LogP contribution < -0.4 is 0 Å². The maximum Gasteiger partial charge on any atom is 0.0751 e. The lowest BCUT2D eigenvalue weighted by atomic mass is 10.1. The van der Waals surface area contributed by atoms with E-state index in [4.69, 9.17) is 0 Å². The first-order valence-electron chi connectivity index (χ1n) is 6.27. The van der Waals surface area contributed by atoms with Crippen LogP contribution in [-0.2, 0) is 0 Å². The largest absolute Gasteiger partial charge is 0.263 e. The van der Waals surface area contributed by atoms with Crippen molar-refractivity contribution in [3.63, 3.8) is 0 Å². The maximum atomic E-state index is 4.25. The zero-order valence-electron chi connectivity index (χ0n) is 10.4. The van der Waals surface area contributed by atoms with Crippen LogP contribution in [0.25, 0.3) is 11.1 Å². The zero-order chi connectivity index (χ0) is 13.1. The molecule has 0 N–H and O–H groups in total. The molecule has 1 fully saturated rings. The van der Waals surface area contributed by atoms with E-state index in [1.54, 1.807) is 0 Å². The molecule has 2 heterocycles. The quantitative estimate of drug-likeness (QED) is 0.720. The minimum atomic E-state index is 0.591. The van der Waals surface area contributed by atoms with E-state index >= 15 is 0 Å². The van der Waals surface area contributed by atoms with Gasteiger partial charge in [-0.2, -0.15) is 0 Å². The molecular formula is C15H14BrNS2. The van der Waals surface area contributed by atoms with Crippen LogP contribution in [0.2, 0.25) is 0 Å². The van der Waals surface area contributed by atoms with Crippen molar-refractivity contribution in [3.05, 3.63) is 52.8 Å². The van der Waals surface area contributed by atoms with Crippen LogP contribution in [0.15, 0.2) is 47.2 Å². The third-order valence-corrected chi connectivity index (χ3v) is 6.47. The molecule has 0 aliphatic carbocycles. The minimum Gasteiger partial charge on any atom is -0.263 e. The average Bonchev–Trinajstić information content (AvgIpc) is 2.48. The Hall–Kier alpha value is -0.450. The van der Waals surface area contributed by atoms with Gasteiger partial charge in [-0.3, -0.25) is 4.98 Å². The molecule has 1 saturated heterocycles. The SMILES string of the molecule is Brc1cncc(-c2cccc(C3SCCCS3)c2)c1. The summed E-state index contributed by atoms with van der Waals surface area (Å²) in [5, 5.41) is 0. The molecule has 19 heavy (non-hydrogen) atoms. The first kappa shape index (κ1) is 13.5. The van der Waals surface area contributed by atoms with Crippen molar-refractivity contribution in [2.45, 2.75) is 11.0 Å². The van der Waals surface area contributed by atoms with Gasteiger partial charge in [-0.1, -0.05) is 18.2 Å². The number of hydrogen-bond acceptors (Lipinski definition) is 3. The molecular weight excluding hydrogens is 338 g/mol. The van der Waals surface area contributed by atoms with E-state index < -0.39 is 0 Å². The Morgan fingerprint density at radius 2 is 1.89 bits per heavy atom. The molecule has 0 bridgehead atoms. The van der Waals surface area contributed by atoms with Gasteiger partial charge in [-0.25, -0.2) is 0 Å². The van der Waals surface area contributed by atoms with Gasteiger partial charge in [0.25, 0.3) is 0 Å². The van der Waals surface area contributed by atoms with Crippen LogP contribution in [0.4, 0.5) is 0 Å². The maximum absolute atomic E-state index is 4.25. The number of rotatable bonds is 2. The van der Waals surface area contributed by atoms with E-state index in [1.807, 2.05) is 12.4 Å². The topological polar surface area (TPSA) is 12.9 Å². The van der Waals surface area contributed by atoms with Gasteiger partial charge in [0, 0.05) is 22.4 Å². The second-order valence-corrected chi connectivity index (χ2v) is 8.08. The summed E-state index contributed by atoms with van der Waals surface area (Å²) in [7, 11) is 0. The lowest BCUT2D eigenvalue weighted by Crippen LogP contribution is -2.00. The molecule has 0 atom stereocenters. The third-order valence-electron chi connectivity index (χ3n) is 3.02. The second-order valence-electron chi connectivity index (χ2n) is 4.44. The van der Waals surface area contributed by atoms with Crippen LogP contribution in [0.3, 0.4) is 0 Å². The van der Waals surface area contributed by atoms with Crippen molar-refractivity contribution in [2.75, 3.05) is 11.5 Å². The highest BCUT2D eigenvalue weighted by Crippen LogP contribution is 2.44. The van der Waals surface area contributed by atoms with E-state index in [-0.39, 0.29) is 0 Å². The molecule has 1 aromatic carbocycles. The van der Waals surface area contributed by atoms with Gasteiger partial charge in [0.1, 0.15) is 0 Å². The summed E-state index contributed by atoms with van der Waals surface area (Å²) < 4.78 is 1.62. The van der Waals surface area contributed by atoms with E-state index in [2.05, 4.69) is 74.8 Å². The van der Waals surface area contributed by atoms with Crippen molar-refractivity contribution >= 4 is 39.5 Å². The third kappa shape index (κ3) is 3.36. The predicted octanol–water partition coefficient (Wildman–Crippen LogP) is 5.38. The van der Waals surface area contributed by atoms with Crippen LogP contribution in [0, 0.1) is 0 Å². The second kappa shape index (κ2) is 6.33. The Kier molecular flexibility index (Phi) is 4.51. The minimum absolute atomic E-state index is 0.591. The van der Waals surface area contributed by atoms with Crippen molar-refractivity contribution in [1.82, 2.24) is 4.98 Å². The fourth-order valence-corrected chi connectivity index (χ4v) is 5.35. The molecule has 1 aliphatic heterocycles. The number of nitrogens with zero attached hydrogens (tertiary/aromatic N) is 1. The van der Waals surface area contributed by atoms with Gasteiger partial charge < -0.3 is 0 Å². The average molecular weight is 352 g/mol. The number of thioether (sulfide) groups is 2. The molecule has 1 aliphatic rings. The molecule has 98 valence electrons. The predicted molar refractivity (Wildman–Crippen MR) is 89.6 cm³/mol. The van der Waals surface area contributed by atoms with Crippen LogP contribution >= 0.6 is 39.5 Å². The molecule has 1 nitrogen and oxygen atoms in total. The fourth-order valence-electron chi connectivity index (χ4n) is 2.11. The summed E-state index contributed by atoms with van der Waals surface area (Å²) >= 11 is 7.61. The molecule has 4 heteroatoms. The van der Waals surface area contributed by atoms with Gasteiger partial charge >= 0.3 is 0 Å². The lowest BCUT2D eigenvalue weighted by molar-refractivity contribution is 1.10. The standard InChI is InChI=1S/C15H14BrNS2/c16-14-8-13(9-17-10-14)11-3-1-4-12(7-11)15-18-5-2-6-19-15/h1,3-4,7-10,15H,2,5-6H2. The van der Waals surface area contributed by atoms with E-state index in [0.717, 1.165) is 4.47 Å². The molecule has 2 aromatic rings. The summed E-state index contributed by atoms with van der Waals surface area (Å²) in [6.07, 6.45) is 5.08. The van der Waals surface area contributed by atoms with E-state index in [0.29, 0.717) is 4.58 Å². The monoisotopic (exact) mass is 351 g/mol. The Morgan fingerprint density at radius 1 is 1.05 bits per heavy atom. The molecule has 0 spiro atoms.